The van der Waals surface area contributed by atoms with E-state index in [0.717, 1.165) is 38.6 Å². The topological polar surface area (TPSA) is 33.2 Å². The minimum atomic E-state index is 0.148. The van der Waals surface area contributed by atoms with E-state index in [1.165, 1.54) is 22.3 Å². The zero-order valence-corrected chi connectivity index (χ0v) is 18.0. The summed E-state index contributed by atoms with van der Waals surface area (Å²) < 4.78 is 0. The molecule has 2 heterocycles. The van der Waals surface area contributed by atoms with E-state index in [9.17, 15) is 4.79 Å². The number of piperidine rings is 1. The third-order valence-electron chi connectivity index (χ3n) is 5.98. The van der Waals surface area contributed by atoms with Crippen molar-refractivity contribution in [2.24, 2.45) is 0 Å². The molecule has 1 saturated heterocycles. The lowest BCUT2D eigenvalue weighted by Gasteiger charge is -2.35. The fourth-order valence-corrected chi connectivity index (χ4v) is 4.36. The van der Waals surface area contributed by atoms with Crippen molar-refractivity contribution in [1.82, 2.24) is 9.88 Å². The maximum Gasteiger partial charge on any atom is 0.223 e. The van der Waals surface area contributed by atoms with E-state index in [-0.39, 0.29) is 11.9 Å². The van der Waals surface area contributed by atoms with Crippen LogP contribution < -0.4 is 0 Å². The third kappa shape index (κ3) is 5.69. The second-order valence-electron chi connectivity index (χ2n) is 8.18. The largest absolute Gasteiger partial charge is 0.336 e. The van der Waals surface area contributed by atoms with Gasteiger partial charge in [0, 0.05) is 25.4 Å². The van der Waals surface area contributed by atoms with Crippen molar-refractivity contribution in [1.29, 1.82) is 0 Å². The first kappa shape index (κ1) is 21.0. The van der Waals surface area contributed by atoms with Crippen molar-refractivity contribution in [2.45, 2.75) is 44.6 Å². The van der Waals surface area contributed by atoms with Crippen LogP contribution in [0, 0.1) is 0 Å². The summed E-state index contributed by atoms with van der Waals surface area (Å²) in [5, 5.41) is 0. The van der Waals surface area contributed by atoms with Crippen LogP contribution in [0.2, 0.25) is 0 Å². The normalized spacial score (nSPS) is 16.0. The standard InChI is InChI=1S/C28H30N2O/c31-28(18-9-11-23-12-10-19-29-22-23)30-20-8-7-17-26(30)21-27(24-13-3-1-4-14-24)25-15-5-2-6-16-25/h1-6,10,12-16,19,21-22,26H,7-9,11,17-18,20H2. The number of carbonyl (C=O) groups excluding carboxylic acids is 1. The molecule has 0 aliphatic carbocycles. The van der Waals surface area contributed by atoms with Gasteiger partial charge in [-0.1, -0.05) is 72.8 Å². The van der Waals surface area contributed by atoms with Crippen LogP contribution in [0.5, 0.6) is 0 Å². The van der Waals surface area contributed by atoms with Crippen molar-refractivity contribution in [3.05, 3.63) is 108 Å². The van der Waals surface area contributed by atoms with Crippen LogP contribution >= 0.6 is 0 Å². The molecule has 1 aliphatic heterocycles. The number of hydrogen-bond donors (Lipinski definition) is 0. The van der Waals surface area contributed by atoms with E-state index in [0.29, 0.717) is 6.42 Å². The Hall–Kier alpha value is -3.20. The summed E-state index contributed by atoms with van der Waals surface area (Å²) in [5.74, 6) is 0.269. The van der Waals surface area contributed by atoms with Gasteiger partial charge in [-0.25, -0.2) is 0 Å². The Morgan fingerprint density at radius 1 is 0.935 bits per heavy atom. The fraction of sp³-hybridized carbons (Fsp3) is 0.286. The molecule has 3 aromatic rings. The predicted octanol–water partition coefficient (Wildman–Crippen LogP) is 5.92. The molecule has 2 aromatic carbocycles. The lowest BCUT2D eigenvalue weighted by molar-refractivity contribution is -0.133. The maximum atomic E-state index is 13.1. The Morgan fingerprint density at radius 2 is 1.65 bits per heavy atom. The van der Waals surface area contributed by atoms with Gasteiger partial charge in [-0.15, -0.1) is 0 Å². The first-order chi connectivity index (χ1) is 15.3. The van der Waals surface area contributed by atoms with Crippen LogP contribution in [-0.4, -0.2) is 28.4 Å². The monoisotopic (exact) mass is 410 g/mol. The molecule has 4 rings (SSSR count). The summed E-state index contributed by atoms with van der Waals surface area (Å²) in [6.45, 7) is 0.851. The number of aromatic nitrogens is 1. The van der Waals surface area contributed by atoms with E-state index in [1.807, 2.05) is 24.4 Å². The molecule has 1 amide bonds. The minimum absolute atomic E-state index is 0.148. The summed E-state index contributed by atoms with van der Waals surface area (Å²) in [5.41, 5.74) is 4.80. The molecule has 0 N–H and O–H groups in total. The SMILES string of the molecule is O=C(CCCc1cccnc1)N1CCCCC1C=C(c1ccccc1)c1ccccc1. The molecule has 0 bridgehead atoms. The highest BCUT2D eigenvalue weighted by Crippen LogP contribution is 2.28. The molecular weight excluding hydrogens is 380 g/mol. The number of rotatable bonds is 7. The summed E-state index contributed by atoms with van der Waals surface area (Å²) in [6, 6.07) is 25.2. The maximum absolute atomic E-state index is 13.1. The van der Waals surface area contributed by atoms with E-state index < -0.39 is 0 Å². The summed E-state index contributed by atoms with van der Waals surface area (Å²) >= 11 is 0. The fourth-order valence-electron chi connectivity index (χ4n) is 4.36. The minimum Gasteiger partial charge on any atom is -0.336 e. The average molecular weight is 411 g/mol. The highest BCUT2D eigenvalue weighted by molar-refractivity contribution is 5.82. The van der Waals surface area contributed by atoms with Crippen molar-refractivity contribution < 1.29 is 4.79 Å². The van der Waals surface area contributed by atoms with Gasteiger partial charge in [-0.2, -0.15) is 0 Å². The highest BCUT2D eigenvalue weighted by Gasteiger charge is 2.25. The first-order valence-corrected chi connectivity index (χ1v) is 11.3. The molecule has 0 radical (unpaired) electrons. The van der Waals surface area contributed by atoms with Gasteiger partial charge < -0.3 is 4.90 Å². The quantitative estimate of drug-likeness (QED) is 0.484. The van der Waals surface area contributed by atoms with Crippen LogP contribution in [0.3, 0.4) is 0 Å². The number of hydrogen-bond acceptors (Lipinski definition) is 2. The van der Waals surface area contributed by atoms with Crippen molar-refractivity contribution in [2.75, 3.05) is 6.54 Å². The summed E-state index contributed by atoms with van der Waals surface area (Å²) in [7, 11) is 0. The zero-order valence-electron chi connectivity index (χ0n) is 18.0. The van der Waals surface area contributed by atoms with Gasteiger partial charge in [0.1, 0.15) is 0 Å². The molecule has 1 aromatic heterocycles. The van der Waals surface area contributed by atoms with Crippen LogP contribution in [0.15, 0.2) is 91.3 Å². The lowest BCUT2D eigenvalue weighted by atomic mass is 9.92. The first-order valence-electron chi connectivity index (χ1n) is 11.3. The molecule has 1 atom stereocenters. The van der Waals surface area contributed by atoms with Crippen LogP contribution in [-0.2, 0) is 11.2 Å². The van der Waals surface area contributed by atoms with E-state index in [2.05, 4.69) is 70.6 Å². The van der Waals surface area contributed by atoms with Crippen molar-refractivity contribution >= 4 is 11.5 Å². The third-order valence-corrected chi connectivity index (χ3v) is 5.98. The molecule has 1 unspecified atom stereocenters. The summed E-state index contributed by atoms with van der Waals surface area (Å²) in [4.78, 5) is 19.4. The second kappa shape index (κ2) is 10.7. The van der Waals surface area contributed by atoms with E-state index in [4.69, 9.17) is 0 Å². The summed E-state index contributed by atoms with van der Waals surface area (Å²) in [6.07, 6.45) is 11.6. The number of nitrogens with zero attached hydrogens (tertiary/aromatic N) is 2. The Kier molecular flexibility index (Phi) is 7.28. The van der Waals surface area contributed by atoms with E-state index in [1.54, 1.807) is 6.20 Å². The second-order valence-corrected chi connectivity index (χ2v) is 8.18. The van der Waals surface area contributed by atoms with Gasteiger partial charge >= 0.3 is 0 Å². The van der Waals surface area contributed by atoms with Crippen LogP contribution in [0.4, 0.5) is 0 Å². The van der Waals surface area contributed by atoms with E-state index >= 15 is 0 Å². The Bertz CT molecular complexity index is 942. The van der Waals surface area contributed by atoms with Crippen molar-refractivity contribution in [3.63, 3.8) is 0 Å². The zero-order chi connectivity index (χ0) is 21.3. The number of carbonyl (C=O) groups is 1. The smallest absolute Gasteiger partial charge is 0.223 e. The van der Waals surface area contributed by atoms with Crippen LogP contribution in [0.1, 0.15) is 48.8 Å². The van der Waals surface area contributed by atoms with Gasteiger partial charge in [0.05, 0.1) is 6.04 Å². The molecule has 0 saturated carbocycles. The Balaban J connectivity index is 1.52. The Labute approximate surface area is 185 Å². The molecule has 3 nitrogen and oxygen atoms in total. The molecule has 31 heavy (non-hydrogen) atoms. The molecule has 158 valence electrons. The van der Waals surface area contributed by atoms with Gasteiger partial charge in [-0.05, 0) is 60.4 Å². The van der Waals surface area contributed by atoms with Crippen molar-refractivity contribution in [3.8, 4) is 0 Å². The predicted molar refractivity (Wildman–Crippen MR) is 126 cm³/mol. The van der Waals surface area contributed by atoms with Gasteiger partial charge in [0.15, 0.2) is 0 Å². The lowest BCUT2D eigenvalue weighted by Crippen LogP contribution is -2.42. The molecule has 1 aliphatic rings. The molecule has 3 heteroatoms. The highest BCUT2D eigenvalue weighted by atomic mass is 16.2. The Morgan fingerprint density at radius 3 is 2.29 bits per heavy atom. The van der Waals surface area contributed by atoms with Crippen LogP contribution in [0.25, 0.3) is 5.57 Å². The number of benzene rings is 2. The number of aryl methyl sites for hydroxylation is 1. The van der Waals surface area contributed by atoms with Gasteiger partial charge in [0.25, 0.3) is 0 Å². The molecule has 1 fully saturated rings. The molecular formula is C28H30N2O. The van der Waals surface area contributed by atoms with Gasteiger partial charge in [-0.3, -0.25) is 9.78 Å². The number of likely N-dealkylation sites (tertiary alicyclic amines) is 1. The number of pyridine rings is 1. The molecule has 0 spiro atoms. The average Bonchev–Trinajstić information content (AvgIpc) is 2.84. The van der Waals surface area contributed by atoms with Gasteiger partial charge in [0.2, 0.25) is 5.91 Å². The number of amides is 1.